The fraction of sp³-hybridized carbons (Fsp3) is 0.826. The Morgan fingerprint density at radius 1 is 1.10 bits per heavy atom. The van der Waals surface area contributed by atoms with Gasteiger partial charge in [0.1, 0.15) is 0 Å². The van der Waals surface area contributed by atoms with Gasteiger partial charge in [-0.1, -0.05) is 11.1 Å². The van der Waals surface area contributed by atoms with Crippen LogP contribution in [0.25, 0.3) is 0 Å². The van der Waals surface area contributed by atoms with Crippen molar-refractivity contribution >= 4 is 21.5 Å². The van der Waals surface area contributed by atoms with Crippen molar-refractivity contribution in [1.29, 1.82) is 0 Å². The van der Waals surface area contributed by atoms with Crippen molar-refractivity contribution in [1.82, 2.24) is 4.90 Å². The molecule has 1 saturated heterocycles. The second-order valence-corrected chi connectivity index (χ2v) is 13.0. The number of likely N-dealkylation sites (tertiary alicyclic amines) is 1. The highest BCUT2D eigenvalue weighted by atomic mass is 32.2. The number of allylic oxidation sites excluding steroid dienone is 2. The van der Waals surface area contributed by atoms with E-state index >= 15 is 0 Å². The lowest BCUT2D eigenvalue weighted by Crippen LogP contribution is -2.43. The quantitative estimate of drug-likeness (QED) is 0.623. The fourth-order valence-corrected chi connectivity index (χ4v) is 6.29. The van der Waals surface area contributed by atoms with Crippen molar-refractivity contribution < 1.29 is 18.5 Å². The van der Waals surface area contributed by atoms with E-state index in [-0.39, 0.29) is 40.6 Å². The lowest BCUT2D eigenvalue weighted by atomic mass is 9.85. The number of carbonyl (C=O) groups is 2. The Morgan fingerprint density at radius 2 is 1.73 bits per heavy atom. The van der Waals surface area contributed by atoms with Crippen LogP contribution >= 0.6 is 0 Å². The third-order valence-corrected chi connectivity index (χ3v) is 8.95. The van der Waals surface area contributed by atoms with Crippen LogP contribution in [0.15, 0.2) is 15.5 Å². The molecule has 3 rings (SSSR count). The third-order valence-electron chi connectivity index (χ3n) is 6.70. The molecule has 30 heavy (non-hydrogen) atoms. The maximum absolute atomic E-state index is 13.2. The van der Waals surface area contributed by atoms with Gasteiger partial charge in [-0.3, -0.25) is 9.59 Å². The standard InChI is InChI=1S/C23H38N2O4S/c1-15-7-8-17(13-16(15)2)21(26)24-30(6,28)18-9-11-25(12-10-18)22(27)19-14-20(19)29-23(3,4)5/h17-20H,7-14H2,1-6H3/t17?,19-,20-,30?/m1/s1. The molecule has 7 heteroatoms. The molecule has 1 aliphatic heterocycles. The molecule has 170 valence electrons. The zero-order chi connectivity index (χ0) is 22.3. The van der Waals surface area contributed by atoms with Gasteiger partial charge in [0.2, 0.25) is 5.91 Å². The number of hydrogen-bond donors (Lipinski definition) is 0. The molecule has 1 saturated carbocycles. The Labute approximate surface area is 182 Å². The molecule has 0 spiro atoms. The van der Waals surface area contributed by atoms with Gasteiger partial charge in [-0.25, -0.2) is 4.21 Å². The summed E-state index contributed by atoms with van der Waals surface area (Å²) < 4.78 is 23.4. The van der Waals surface area contributed by atoms with Crippen LogP contribution in [0.3, 0.4) is 0 Å². The zero-order valence-electron chi connectivity index (χ0n) is 19.4. The summed E-state index contributed by atoms with van der Waals surface area (Å²) in [6.07, 6.45) is 6.16. The first-order chi connectivity index (χ1) is 13.9. The minimum atomic E-state index is -2.60. The Hall–Kier alpha value is -1.21. The van der Waals surface area contributed by atoms with Crippen LogP contribution in [0.2, 0.25) is 0 Å². The van der Waals surface area contributed by atoms with Crippen molar-refractivity contribution in [2.24, 2.45) is 16.2 Å². The monoisotopic (exact) mass is 438 g/mol. The number of piperidine rings is 1. The van der Waals surface area contributed by atoms with E-state index < -0.39 is 9.73 Å². The predicted molar refractivity (Wildman–Crippen MR) is 120 cm³/mol. The molecule has 2 amide bonds. The number of amides is 2. The molecule has 0 radical (unpaired) electrons. The van der Waals surface area contributed by atoms with E-state index in [1.54, 1.807) is 6.26 Å². The maximum atomic E-state index is 13.2. The molecule has 2 unspecified atom stereocenters. The number of carbonyl (C=O) groups excluding carboxylic acids is 2. The molecule has 4 atom stereocenters. The summed E-state index contributed by atoms with van der Waals surface area (Å²) in [5.74, 6) is -0.221. The van der Waals surface area contributed by atoms with Crippen LogP contribution < -0.4 is 0 Å². The second kappa shape index (κ2) is 8.73. The summed E-state index contributed by atoms with van der Waals surface area (Å²) in [5.41, 5.74) is 2.39. The van der Waals surface area contributed by atoms with E-state index in [1.807, 2.05) is 25.7 Å². The van der Waals surface area contributed by atoms with Crippen LogP contribution in [0.1, 0.15) is 73.1 Å². The molecule has 3 aliphatic rings. The van der Waals surface area contributed by atoms with Crippen molar-refractivity contribution in [3.63, 3.8) is 0 Å². The van der Waals surface area contributed by atoms with Gasteiger partial charge in [0.25, 0.3) is 5.91 Å². The first kappa shape index (κ1) is 23.5. The summed E-state index contributed by atoms with van der Waals surface area (Å²) in [6, 6.07) is 0. The smallest absolute Gasteiger partial charge is 0.257 e. The molecular weight excluding hydrogens is 400 g/mol. The SMILES string of the molecule is CC1=C(C)CC(C(=O)N=S(C)(=O)C2CCN(C(=O)[C@@H]3C[C@H]3OC(C)(C)C)CC2)CC1. The van der Waals surface area contributed by atoms with Gasteiger partial charge >= 0.3 is 0 Å². The molecule has 1 heterocycles. The van der Waals surface area contributed by atoms with Crippen LogP contribution in [0.4, 0.5) is 0 Å². The normalized spacial score (nSPS) is 30.1. The average Bonchev–Trinajstić information content (AvgIpc) is 3.40. The van der Waals surface area contributed by atoms with E-state index in [0.29, 0.717) is 25.9 Å². The summed E-state index contributed by atoms with van der Waals surface area (Å²) in [6.45, 7) is 11.4. The number of hydrogen-bond acceptors (Lipinski definition) is 4. The molecule has 6 nitrogen and oxygen atoms in total. The lowest BCUT2D eigenvalue weighted by Gasteiger charge is -2.33. The van der Waals surface area contributed by atoms with E-state index in [9.17, 15) is 13.8 Å². The van der Waals surface area contributed by atoms with Crippen LogP contribution in [0, 0.1) is 11.8 Å². The summed E-state index contributed by atoms with van der Waals surface area (Å²) in [7, 11) is -2.60. The van der Waals surface area contributed by atoms with Crippen molar-refractivity contribution in [3.05, 3.63) is 11.1 Å². The van der Waals surface area contributed by atoms with E-state index in [2.05, 4.69) is 18.2 Å². The van der Waals surface area contributed by atoms with E-state index in [1.165, 1.54) is 11.1 Å². The van der Waals surface area contributed by atoms with Crippen LogP contribution in [0.5, 0.6) is 0 Å². The van der Waals surface area contributed by atoms with Crippen molar-refractivity contribution in [2.45, 2.75) is 90.1 Å². The summed E-state index contributed by atoms with van der Waals surface area (Å²) in [4.78, 5) is 27.3. The van der Waals surface area contributed by atoms with Gasteiger partial charge in [-0.2, -0.15) is 4.36 Å². The molecule has 0 N–H and O–H groups in total. The first-order valence-electron chi connectivity index (χ1n) is 11.2. The van der Waals surface area contributed by atoms with Gasteiger partial charge in [0, 0.05) is 30.5 Å². The lowest BCUT2D eigenvalue weighted by molar-refractivity contribution is -0.135. The molecular formula is C23H38N2O4S. The second-order valence-electron chi connectivity index (χ2n) is 10.4. The highest BCUT2D eigenvalue weighted by Gasteiger charge is 2.48. The molecule has 0 aromatic rings. The Balaban J connectivity index is 1.54. The van der Waals surface area contributed by atoms with Gasteiger partial charge in [0.05, 0.1) is 27.4 Å². The van der Waals surface area contributed by atoms with Gasteiger partial charge < -0.3 is 9.64 Å². The summed E-state index contributed by atoms with van der Waals surface area (Å²) in [5, 5.41) is -0.131. The van der Waals surface area contributed by atoms with Gasteiger partial charge in [-0.05, 0) is 73.1 Å². The van der Waals surface area contributed by atoms with Crippen LogP contribution in [-0.2, 0) is 24.1 Å². The zero-order valence-corrected chi connectivity index (χ0v) is 20.2. The highest BCUT2D eigenvalue weighted by molar-refractivity contribution is 7.93. The van der Waals surface area contributed by atoms with Crippen LogP contribution in [-0.4, -0.2) is 57.2 Å². The Kier molecular flexibility index (Phi) is 6.83. The maximum Gasteiger partial charge on any atom is 0.257 e. The minimum Gasteiger partial charge on any atom is -0.372 e. The predicted octanol–water partition coefficient (Wildman–Crippen LogP) is 3.94. The number of ether oxygens (including phenoxy) is 1. The van der Waals surface area contributed by atoms with E-state index in [4.69, 9.17) is 4.74 Å². The topological polar surface area (TPSA) is 76.0 Å². The molecule has 0 aromatic carbocycles. The minimum absolute atomic E-state index is 0.0230. The molecule has 0 bridgehead atoms. The van der Waals surface area contributed by atoms with Crippen molar-refractivity contribution in [3.8, 4) is 0 Å². The molecule has 2 aliphatic carbocycles. The Morgan fingerprint density at radius 3 is 2.30 bits per heavy atom. The first-order valence-corrected chi connectivity index (χ1v) is 13.2. The van der Waals surface area contributed by atoms with Gasteiger partial charge in [0.15, 0.2) is 0 Å². The fourth-order valence-electron chi connectivity index (χ4n) is 4.55. The molecule has 2 fully saturated rings. The number of nitrogens with zero attached hydrogens (tertiary/aromatic N) is 2. The Bertz CT molecular complexity index is 840. The number of rotatable bonds is 4. The average molecular weight is 439 g/mol. The molecule has 0 aromatic heterocycles. The van der Waals surface area contributed by atoms with E-state index in [0.717, 1.165) is 25.7 Å². The highest BCUT2D eigenvalue weighted by Crippen LogP contribution is 2.39. The third kappa shape index (κ3) is 5.72. The largest absolute Gasteiger partial charge is 0.372 e. The van der Waals surface area contributed by atoms with Gasteiger partial charge in [-0.15, -0.1) is 0 Å². The summed E-state index contributed by atoms with van der Waals surface area (Å²) >= 11 is 0. The van der Waals surface area contributed by atoms with Crippen molar-refractivity contribution in [2.75, 3.05) is 19.3 Å².